The molecule has 6 nitrogen and oxygen atoms in total. The van der Waals surface area contributed by atoms with Crippen molar-refractivity contribution in [3.8, 4) is 0 Å². The molecule has 0 aliphatic carbocycles. The van der Waals surface area contributed by atoms with Crippen LogP contribution in [0.1, 0.15) is 29.7 Å². The van der Waals surface area contributed by atoms with E-state index in [2.05, 4.69) is 5.32 Å². The van der Waals surface area contributed by atoms with Gasteiger partial charge >= 0.3 is 6.03 Å². The molecule has 1 N–H and O–H groups in total. The molecule has 34 heavy (non-hydrogen) atoms. The van der Waals surface area contributed by atoms with Crippen LogP contribution in [0, 0.1) is 11.6 Å². The van der Waals surface area contributed by atoms with Gasteiger partial charge in [0, 0.05) is 12.6 Å². The molecule has 0 aromatic heterocycles. The molecule has 0 radical (unpaired) electrons. The molecule has 3 aromatic carbocycles. The van der Waals surface area contributed by atoms with Gasteiger partial charge in [0.1, 0.15) is 23.7 Å². The Bertz CT molecular complexity index is 1200. The van der Waals surface area contributed by atoms with Crippen LogP contribution in [0.25, 0.3) is 0 Å². The minimum Gasteiger partial charge on any atom is -0.333 e. The number of hydrogen-bond donors (Lipinski definition) is 1. The monoisotopic (exact) mass is 463 g/mol. The minimum absolute atomic E-state index is 0.305. The molecule has 174 valence electrons. The van der Waals surface area contributed by atoms with Crippen molar-refractivity contribution >= 4 is 17.8 Å². The lowest BCUT2D eigenvalue weighted by Gasteiger charge is -2.30. The zero-order chi connectivity index (χ0) is 24.5. The van der Waals surface area contributed by atoms with Gasteiger partial charge in [-0.2, -0.15) is 0 Å². The Labute approximate surface area is 195 Å². The minimum atomic E-state index is -1.83. The summed E-state index contributed by atoms with van der Waals surface area (Å²) >= 11 is 0. The Morgan fingerprint density at radius 3 is 2.09 bits per heavy atom. The summed E-state index contributed by atoms with van der Waals surface area (Å²) in [5.41, 5.74) is -0.428. The Balaban J connectivity index is 1.60. The molecule has 0 spiro atoms. The van der Waals surface area contributed by atoms with Crippen molar-refractivity contribution in [2.45, 2.75) is 18.5 Å². The summed E-state index contributed by atoms with van der Waals surface area (Å²) in [6, 6.07) is 20.1. The molecule has 1 fully saturated rings. The van der Waals surface area contributed by atoms with Gasteiger partial charge in [-0.3, -0.25) is 14.5 Å². The smallest absolute Gasteiger partial charge is 0.325 e. The third-order valence-electron chi connectivity index (χ3n) is 6.05. The number of hydrogen-bond acceptors (Lipinski definition) is 3. The SMILES string of the molecule is CN(C(=O)CN1C(=O)NC(C)(c2cc(F)ccc2F)C1=O)C(c1ccccc1)c1ccccc1. The Morgan fingerprint density at radius 2 is 1.53 bits per heavy atom. The fraction of sp³-hybridized carbons (Fsp3) is 0.192. The summed E-state index contributed by atoms with van der Waals surface area (Å²) in [6.07, 6.45) is 0. The van der Waals surface area contributed by atoms with Crippen molar-refractivity contribution < 1.29 is 23.2 Å². The van der Waals surface area contributed by atoms with Crippen LogP contribution < -0.4 is 5.32 Å². The number of carbonyl (C=O) groups is 3. The van der Waals surface area contributed by atoms with E-state index in [1.165, 1.54) is 11.8 Å². The highest BCUT2D eigenvalue weighted by atomic mass is 19.1. The quantitative estimate of drug-likeness (QED) is 0.563. The van der Waals surface area contributed by atoms with Crippen LogP contribution in [0.2, 0.25) is 0 Å². The van der Waals surface area contributed by atoms with Crippen LogP contribution in [-0.2, 0) is 15.1 Å². The first-order chi connectivity index (χ1) is 16.2. The Morgan fingerprint density at radius 1 is 0.971 bits per heavy atom. The number of rotatable bonds is 6. The molecule has 4 amide bonds. The van der Waals surface area contributed by atoms with Gasteiger partial charge in [-0.15, -0.1) is 0 Å². The molecule has 0 saturated carbocycles. The second kappa shape index (κ2) is 9.05. The number of benzene rings is 3. The van der Waals surface area contributed by atoms with Crippen molar-refractivity contribution in [2.24, 2.45) is 0 Å². The standard InChI is InChI=1S/C26H23F2N3O3/c1-26(20-15-19(27)13-14-21(20)28)24(33)31(25(34)29-26)16-22(32)30(2)23(17-9-5-3-6-10-17)18-11-7-4-8-12-18/h3-15,23H,16H2,1-2H3,(H,29,34). The fourth-order valence-corrected chi connectivity index (χ4v) is 4.20. The number of nitrogens with zero attached hydrogens (tertiary/aromatic N) is 2. The maximum absolute atomic E-state index is 14.4. The van der Waals surface area contributed by atoms with Crippen molar-refractivity contribution in [2.75, 3.05) is 13.6 Å². The molecule has 0 bridgehead atoms. The van der Waals surface area contributed by atoms with Crippen LogP contribution in [0.3, 0.4) is 0 Å². The third kappa shape index (κ3) is 4.14. The van der Waals surface area contributed by atoms with Gasteiger partial charge in [-0.1, -0.05) is 60.7 Å². The summed E-state index contributed by atoms with van der Waals surface area (Å²) in [5, 5.41) is 2.41. The number of carbonyl (C=O) groups excluding carboxylic acids is 3. The molecule has 1 aliphatic heterocycles. The number of nitrogens with one attached hydrogen (secondary N) is 1. The maximum atomic E-state index is 14.4. The summed E-state index contributed by atoms with van der Waals surface area (Å²) in [5.74, 6) is -2.91. The lowest BCUT2D eigenvalue weighted by molar-refractivity contribution is -0.139. The number of urea groups is 1. The molecule has 1 aliphatic rings. The van der Waals surface area contributed by atoms with E-state index in [1.807, 2.05) is 60.7 Å². The lowest BCUT2D eigenvalue weighted by Crippen LogP contribution is -2.44. The maximum Gasteiger partial charge on any atom is 0.325 e. The van der Waals surface area contributed by atoms with Crippen molar-refractivity contribution in [1.82, 2.24) is 15.1 Å². The number of amides is 4. The van der Waals surface area contributed by atoms with E-state index in [-0.39, 0.29) is 5.56 Å². The van der Waals surface area contributed by atoms with E-state index in [1.54, 1.807) is 7.05 Å². The highest BCUT2D eigenvalue weighted by Crippen LogP contribution is 2.32. The van der Waals surface area contributed by atoms with Gasteiger partial charge in [0.15, 0.2) is 0 Å². The van der Waals surface area contributed by atoms with E-state index in [4.69, 9.17) is 0 Å². The van der Waals surface area contributed by atoms with Gasteiger partial charge in [-0.25, -0.2) is 13.6 Å². The fourth-order valence-electron chi connectivity index (χ4n) is 4.20. The third-order valence-corrected chi connectivity index (χ3v) is 6.05. The molecule has 1 unspecified atom stereocenters. The molecule has 1 saturated heterocycles. The second-order valence-corrected chi connectivity index (χ2v) is 8.30. The molecular weight excluding hydrogens is 440 g/mol. The van der Waals surface area contributed by atoms with E-state index < -0.39 is 47.6 Å². The number of halogens is 2. The Hall–Kier alpha value is -4.07. The second-order valence-electron chi connectivity index (χ2n) is 8.30. The zero-order valence-electron chi connectivity index (χ0n) is 18.7. The largest absolute Gasteiger partial charge is 0.333 e. The average Bonchev–Trinajstić information content (AvgIpc) is 3.05. The molecule has 1 atom stereocenters. The zero-order valence-corrected chi connectivity index (χ0v) is 18.7. The van der Waals surface area contributed by atoms with Crippen LogP contribution in [0.5, 0.6) is 0 Å². The van der Waals surface area contributed by atoms with E-state index in [0.29, 0.717) is 0 Å². The lowest BCUT2D eigenvalue weighted by atomic mass is 9.91. The van der Waals surface area contributed by atoms with Gasteiger partial charge in [0.2, 0.25) is 5.91 Å². The molecule has 8 heteroatoms. The van der Waals surface area contributed by atoms with Gasteiger partial charge in [0.25, 0.3) is 5.91 Å². The molecule has 4 rings (SSSR count). The van der Waals surface area contributed by atoms with Crippen LogP contribution in [-0.4, -0.2) is 41.2 Å². The predicted octanol–water partition coefficient (Wildman–Crippen LogP) is 3.98. The van der Waals surface area contributed by atoms with Crippen LogP contribution in [0.15, 0.2) is 78.9 Å². The highest BCUT2D eigenvalue weighted by Gasteiger charge is 2.51. The first kappa shape index (κ1) is 23.1. The van der Waals surface area contributed by atoms with Crippen LogP contribution >= 0.6 is 0 Å². The molecular formula is C26H23F2N3O3. The summed E-state index contributed by atoms with van der Waals surface area (Å²) < 4.78 is 28.2. The predicted molar refractivity (Wildman–Crippen MR) is 121 cm³/mol. The Kier molecular flexibility index (Phi) is 6.15. The first-order valence-corrected chi connectivity index (χ1v) is 10.7. The van der Waals surface area contributed by atoms with E-state index >= 15 is 0 Å². The van der Waals surface area contributed by atoms with E-state index in [9.17, 15) is 23.2 Å². The summed E-state index contributed by atoms with van der Waals surface area (Å²) in [4.78, 5) is 41.3. The van der Waals surface area contributed by atoms with Crippen molar-refractivity contribution in [1.29, 1.82) is 0 Å². The van der Waals surface area contributed by atoms with Crippen molar-refractivity contribution in [3.63, 3.8) is 0 Å². The average molecular weight is 463 g/mol. The summed E-state index contributed by atoms with van der Waals surface area (Å²) in [6.45, 7) is 0.736. The first-order valence-electron chi connectivity index (χ1n) is 10.7. The van der Waals surface area contributed by atoms with Crippen molar-refractivity contribution in [3.05, 3.63) is 107 Å². The van der Waals surface area contributed by atoms with Crippen LogP contribution in [0.4, 0.5) is 13.6 Å². The topological polar surface area (TPSA) is 69.7 Å². The normalized spacial score (nSPS) is 17.7. The van der Waals surface area contributed by atoms with E-state index in [0.717, 1.165) is 34.2 Å². The number of likely N-dealkylation sites (N-methyl/N-ethyl adjacent to an activating group) is 1. The molecule has 3 aromatic rings. The number of imide groups is 1. The van der Waals surface area contributed by atoms with Gasteiger partial charge in [-0.05, 0) is 36.2 Å². The van der Waals surface area contributed by atoms with Gasteiger partial charge in [0.05, 0.1) is 6.04 Å². The molecule has 1 heterocycles. The summed E-state index contributed by atoms with van der Waals surface area (Å²) in [7, 11) is 1.59. The highest BCUT2D eigenvalue weighted by molar-refractivity contribution is 6.09. The van der Waals surface area contributed by atoms with Gasteiger partial charge < -0.3 is 10.2 Å².